The monoisotopic (exact) mass is 256 g/mol. The van der Waals surface area contributed by atoms with Crippen molar-refractivity contribution in [2.24, 2.45) is 5.92 Å². The lowest BCUT2D eigenvalue weighted by Crippen LogP contribution is -2.32. The van der Waals surface area contributed by atoms with Crippen LogP contribution in [-0.2, 0) is 6.54 Å². The van der Waals surface area contributed by atoms with Crippen LogP contribution in [0.15, 0.2) is 30.3 Å². The lowest BCUT2D eigenvalue weighted by Gasteiger charge is -2.20. The van der Waals surface area contributed by atoms with Gasteiger partial charge in [0.1, 0.15) is 0 Å². The van der Waals surface area contributed by atoms with E-state index in [4.69, 9.17) is 0 Å². The molecular formula is C17H24N2. The summed E-state index contributed by atoms with van der Waals surface area (Å²) >= 11 is 0. The van der Waals surface area contributed by atoms with Crippen LogP contribution in [-0.4, -0.2) is 11.0 Å². The minimum atomic E-state index is 0.590. The molecule has 1 unspecified atom stereocenters. The first kappa shape index (κ1) is 14.0. The van der Waals surface area contributed by atoms with Crippen LogP contribution in [0.25, 0.3) is 10.9 Å². The predicted octanol–water partition coefficient (Wildman–Crippen LogP) is 4.07. The number of fused-ring (bicyclic) bond motifs is 1. The molecule has 2 rings (SSSR count). The van der Waals surface area contributed by atoms with Crippen molar-refractivity contribution in [1.82, 2.24) is 10.3 Å². The molecule has 2 heteroatoms. The average molecular weight is 256 g/mol. The van der Waals surface area contributed by atoms with Gasteiger partial charge in [-0.05, 0) is 43.0 Å². The van der Waals surface area contributed by atoms with Gasteiger partial charge in [-0.15, -0.1) is 0 Å². The van der Waals surface area contributed by atoms with E-state index in [-0.39, 0.29) is 0 Å². The maximum Gasteiger partial charge on any atom is 0.0705 e. The highest BCUT2D eigenvalue weighted by molar-refractivity contribution is 5.79. The van der Waals surface area contributed by atoms with Crippen LogP contribution in [0.5, 0.6) is 0 Å². The summed E-state index contributed by atoms with van der Waals surface area (Å²) in [4.78, 5) is 4.54. The molecule has 0 aliphatic rings. The Morgan fingerprint density at radius 2 is 1.95 bits per heavy atom. The molecule has 0 amide bonds. The SMILES string of the molecule is CCC(NCc1ccc2nc(C)ccc2c1)C(C)C. The molecule has 0 aliphatic heterocycles. The Morgan fingerprint density at radius 1 is 1.16 bits per heavy atom. The van der Waals surface area contributed by atoms with E-state index < -0.39 is 0 Å². The molecule has 0 spiro atoms. The van der Waals surface area contributed by atoms with Crippen LogP contribution in [0.3, 0.4) is 0 Å². The average Bonchev–Trinajstić information content (AvgIpc) is 2.39. The fraction of sp³-hybridized carbons (Fsp3) is 0.471. The standard InChI is InChI=1S/C17H24N2/c1-5-16(12(2)3)18-11-14-7-9-17-15(10-14)8-6-13(4)19-17/h6-10,12,16,18H,5,11H2,1-4H3. The van der Waals surface area contributed by atoms with Gasteiger partial charge in [0.05, 0.1) is 5.52 Å². The van der Waals surface area contributed by atoms with Crippen LogP contribution in [0, 0.1) is 12.8 Å². The van der Waals surface area contributed by atoms with E-state index in [1.807, 2.05) is 6.92 Å². The maximum absolute atomic E-state index is 4.54. The smallest absolute Gasteiger partial charge is 0.0705 e. The largest absolute Gasteiger partial charge is 0.310 e. The van der Waals surface area contributed by atoms with E-state index in [1.165, 1.54) is 17.4 Å². The van der Waals surface area contributed by atoms with Gasteiger partial charge >= 0.3 is 0 Å². The van der Waals surface area contributed by atoms with Gasteiger partial charge in [-0.25, -0.2) is 0 Å². The summed E-state index contributed by atoms with van der Waals surface area (Å²) in [6.45, 7) is 9.75. The van der Waals surface area contributed by atoms with Crippen LogP contribution in [0.4, 0.5) is 0 Å². The second-order valence-electron chi connectivity index (χ2n) is 5.62. The van der Waals surface area contributed by atoms with Gasteiger partial charge in [-0.1, -0.05) is 32.9 Å². The second-order valence-corrected chi connectivity index (χ2v) is 5.62. The first-order valence-corrected chi connectivity index (χ1v) is 7.20. The lowest BCUT2D eigenvalue weighted by atomic mass is 10.0. The Bertz CT molecular complexity index is 546. The van der Waals surface area contributed by atoms with Crippen LogP contribution < -0.4 is 5.32 Å². The predicted molar refractivity (Wildman–Crippen MR) is 82.2 cm³/mol. The van der Waals surface area contributed by atoms with Crippen molar-refractivity contribution >= 4 is 10.9 Å². The first-order chi connectivity index (χ1) is 9.10. The molecule has 2 aromatic rings. The molecule has 2 nitrogen and oxygen atoms in total. The number of aromatic nitrogens is 1. The van der Waals surface area contributed by atoms with Crippen molar-refractivity contribution in [2.45, 2.75) is 46.7 Å². The van der Waals surface area contributed by atoms with Gasteiger partial charge in [-0.2, -0.15) is 0 Å². The molecule has 1 heterocycles. The molecule has 1 aromatic heterocycles. The van der Waals surface area contributed by atoms with E-state index in [0.29, 0.717) is 12.0 Å². The third-order valence-corrected chi connectivity index (χ3v) is 3.71. The topological polar surface area (TPSA) is 24.9 Å². The third-order valence-electron chi connectivity index (χ3n) is 3.71. The van der Waals surface area contributed by atoms with Crippen LogP contribution in [0.1, 0.15) is 38.4 Å². The summed E-state index contributed by atoms with van der Waals surface area (Å²) in [5.41, 5.74) is 3.49. The number of rotatable bonds is 5. The number of nitrogens with zero attached hydrogens (tertiary/aromatic N) is 1. The number of benzene rings is 1. The molecule has 1 atom stereocenters. The van der Waals surface area contributed by atoms with Crippen molar-refractivity contribution in [1.29, 1.82) is 0 Å². The van der Waals surface area contributed by atoms with Gasteiger partial charge in [0.15, 0.2) is 0 Å². The zero-order valence-electron chi connectivity index (χ0n) is 12.4. The lowest BCUT2D eigenvalue weighted by molar-refractivity contribution is 0.387. The van der Waals surface area contributed by atoms with Crippen LogP contribution >= 0.6 is 0 Å². The number of hydrogen-bond acceptors (Lipinski definition) is 2. The van der Waals surface area contributed by atoms with E-state index in [1.54, 1.807) is 0 Å². The number of pyridine rings is 1. The maximum atomic E-state index is 4.54. The Morgan fingerprint density at radius 3 is 2.63 bits per heavy atom. The van der Waals surface area contributed by atoms with Crippen LogP contribution in [0.2, 0.25) is 0 Å². The number of nitrogens with one attached hydrogen (secondary N) is 1. The summed E-state index contributed by atoms with van der Waals surface area (Å²) in [6, 6.07) is 11.3. The minimum Gasteiger partial charge on any atom is -0.310 e. The molecule has 1 aromatic carbocycles. The van der Waals surface area contributed by atoms with Crippen molar-refractivity contribution < 1.29 is 0 Å². The molecule has 19 heavy (non-hydrogen) atoms. The number of aryl methyl sites for hydroxylation is 1. The first-order valence-electron chi connectivity index (χ1n) is 7.20. The van der Waals surface area contributed by atoms with E-state index in [0.717, 1.165) is 17.8 Å². The fourth-order valence-corrected chi connectivity index (χ4v) is 2.49. The van der Waals surface area contributed by atoms with Crippen molar-refractivity contribution in [3.05, 3.63) is 41.6 Å². The number of hydrogen-bond donors (Lipinski definition) is 1. The zero-order chi connectivity index (χ0) is 13.8. The normalized spacial score (nSPS) is 13.1. The Hall–Kier alpha value is -1.41. The molecule has 0 saturated heterocycles. The van der Waals surface area contributed by atoms with Gasteiger partial charge in [0, 0.05) is 23.7 Å². The summed E-state index contributed by atoms with van der Waals surface area (Å²) in [5.74, 6) is 0.676. The van der Waals surface area contributed by atoms with E-state index in [2.05, 4.69) is 61.4 Å². The molecule has 102 valence electrons. The van der Waals surface area contributed by atoms with Crippen molar-refractivity contribution in [2.75, 3.05) is 0 Å². The minimum absolute atomic E-state index is 0.590. The highest BCUT2D eigenvalue weighted by atomic mass is 14.9. The Kier molecular flexibility index (Phi) is 4.54. The van der Waals surface area contributed by atoms with E-state index >= 15 is 0 Å². The summed E-state index contributed by atoms with van der Waals surface area (Å²) < 4.78 is 0. The van der Waals surface area contributed by atoms with Crippen molar-refractivity contribution in [3.8, 4) is 0 Å². The highest BCUT2D eigenvalue weighted by Gasteiger charge is 2.09. The quantitative estimate of drug-likeness (QED) is 0.872. The van der Waals surface area contributed by atoms with Crippen molar-refractivity contribution in [3.63, 3.8) is 0 Å². The second kappa shape index (κ2) is 6.16. The summed E-state index contributed by atoms with van der Waals surface area (Å²) in [7, 11) is 0. The molecule has 1 N–H and O–H groups in total. The van der Waals surface area contributed by atoms with E-state index in [9.17, 15) is 0 Å². The van der Waals surface area contributed by atoms with Gasteiger partial charge < -0.3 is 5.32 Å². The van der Waals surface area contributed by atoms with Gasteiger partial charge in [-0.3, -0.25) is 4.98 Å². The Labute approximate surface area is 116 Å². The third kappa shape index (κ3) is 3.54. The highest BCUT2D eigenvalue weighted by Crippen LogP contribution is 2.15. The zero-order valence-corrected chi connectivity index (χ0v) is 12.4. The fourth-order valence-electron chi connectivity index (χ4n) is 2.49. The molecule has 0 radical (unpaired) electrons. The van der Waals surface area contributed by atoms with Gasteiger partial charge in [0.2, 0.25) is 0 Å². The summed E-state index contributed by atoms with van der Waals surface area (Å²) in [5, 5.41) is 4.87. The van der Waals surface area contributed by atoms with Gasteiger partial charge in [0.25, 0.3) is 0 Å². The molecule has 0 bridgehead atoms. The molecule has 0 aliphatic carbocycles. The summed E-state index contributed by atoms with van der Waals surface area (Å²) in [6.07, 6.45) is 1.17. The molecule has 0 saturated carbocycles. The Balaban J connectivity index is 2.11. The molecular weight excluding hydrogens is 232 g/mol. The molecule has 0 fully saturated rings.